The van der Waals surface area contributed by atoms with Gasteiger partial charge in [-0.2, -0.15) is 0 Å². The van der Waals surface area contributed by atoms with Crippen LogP contribution < -0.4 is 10.1 Å². The molecule has 160 valence electrons. The Hall–Kier alpha value is -2.97. The molecule has 1 fully saturated rings. The van der Waals surface area contributed by atoms with Gasteiger partial charge in [-0.1, -0.05) is 18.2 Å². The highest BCUT2D eigenvalue weighted by atomic mass is 16.5. The van der Waals surface area contributed by atoms with Gasteiger partial charge in [0.15, 0.2) is 0 Å². The maximum absolute atomic E-state index is 13.0. The highest BCUT2D eigenvalue weighted by Crippen LogP contribution is 2.24. The van der Waals surface area contributed by atoms with Crippen molar-refractivity contribution in [3.63, 3.8) is 0 Å². The molecule has 2 amide bonds. The van der Waals surface area contributed by atoms with Gasteiger partial charge in [-0.05, 0) is 30.7 Å². The molecule has 0 unspecified atom stereocenters. The molecule has 2 heterocycles. The highest BCUT2D eigenvalue weighted by Gasteiger charge is 2.25. The molecule has 0 radical (unpaired) electrons. The van der Waals surface area contributed by atoms with Crippen molar-refractivity contribution in [3.8, 4) is 11.6 Å². The van der Waals surface area contributed by atoms with Crippen molar-refractivity contribution in [1.82, 2.24) is 20.1 Å². The first-order chi connectivity index (χ1) is 14.7. The molecule has 1 saturated heterocycles. The molecule has 3 rings (SSSR count). The summed E-state index contributed by atoms with van der Waals surface area (Å²) < 4.78 is 10.8. The third-order valence-corrected chi connectivity index (χ3v) is 4.83. The number of methoxy groups -OCH3 is 1. The quantitative estimate of drug-likeness (QED) is 0.632. The van der Waals surface area contributed by atoms with Crippen LogP contribution in [0.3, 0.4) is 0 Å². The summed E-state index contributed by atoms with van der Waals surface area (Å²) in [7, 11) is 1.64. The maximum atomic E-state index is 13.0. The predicted octanol–water partition coefficient (Wildman–Crippen LogP) is 1.78. The van der Waals surface area contributed by atoms with Crippen molar-refractivity contribution in [2.45, 2.75) is 6.42 Å². The predicted molar refractivity (Wildman–Crippen MR) is 113 cm³/mol. The first-order valence-corrected chi connectivity index (χ1v) is 10.1. The van der Waals surface area contributed by atoms with Crippen LogP contribution in [0.4, 0.5) is 0 Å². The van der Waals surface area contributed by atoms with Gasteiger partial charge in [0.2, 0.25) is 11.8 Å². The Kier molecular flexibility index (Phi) is 8.17. The number of hydrogen-bond acceptors (Lipinski definition) is 6. The van der Waals surface area contributed by atoms with Crippen LogP contribution in [0.1, 0.15) is 16.8 Å². The van der Waals surface area contributed by atoms with Gasteiger partial charge < -0.3 is 19.7 Å². The molecule has 0 spiro atoms. The van der Waals surface area contributed by atoms with Crippen molar-refractivity contribution in [1.29, 1.82) is 0 Å². The number of amides is 2. The fourth-order valence-electron chi connectivity index (χ4n) is 3.22. The van der Waals surface area contributed by atoms with Gasteiger partial charge in [-0.25, -0.2) is 4.98 Å². The zero-order chi connectivity index (χ0) is 21.2. The Labute approximate surface area is 176 Å². The largest absolute Gasteiger partial charge is 0.438 e. The van der Waals surface area contributed by atoms with Crippen molar-refractivity contribution < 1.29 is 19.1 Å². The number of nitrogens with zero attached hydrogens (tertiary/aromatic N) is 3. The molecule has 0 saturated carbocycles. The van der Waals surface area contributed by atoms with Gasteiger partial charge in [-0.3, -0.25) is 14.5 Å². The number of piperazine rings is 1. The van der Waals surface area contributed by atoms with Gasteiger partial charge >= 0.3 is 0 Å². The minimum absolute atomic E-state index is 0.00307. The number of carbonyl (C=O) groups is 2. The smallest absolute Gasteiger partial charge is 0.259 e. The first kappa shape index (κ1) is 21.7. The second-order valence-corrected chi connectivity index (χ2v) is 7.04. The number of rotatable bonds is 9. The van der Waals surface area contributed by atoms with Crippen LogP contribution in [0.15, 0.2) is 48.7 Å². The molecule has 1 aromatic carbocycles. The summed E-state index contributed by atoms with van der Waals surface area (Å²) in [5.74, 6) is 0.813. The Balaban J connectivity index is 1.51. The van der Waals surface area contributed by atoms with Crippen LogP contribution in [0.2, 0.25) is 0 Å². The Bertz CT molecular complexity index is 823. The molecule has 8 heteroatoms. The number of hydrogen-bond donors (Lipinski definition) is 1. The highest BCUT2D eigenvalue weighted by molar-refractivity contribution is 5.96. The van der Waals surface area contributed by atoms with Crippen LogP contribution in [0.25, 0.3) is 0 Å². The van der Waals surface area contributed by atoms with E-state index in [0.29, 0.717) is 63.1 Å². The lowest BCUT2D eigenvalue weighted by Crippen LogP contribution is -2.51. The molecule has 1 aromatic heterocycles. The minimum atomic E-state index is -0.113. The number of carbonyl (C=O) groups excluding carboxylic acids is 2. The Morgan fingerprint density at radius 1 is 1.07 bits per heavy atom. The summed E-state index contributed by atoms with van der Waals surface area (Å²) in [5, 5.41) is 2.89. The van der Waals surface area contributed by atoms with Gasteiger partial charge in [0.25, 0.3) is 5.91 Å². The zero-order valence-corrected chi connectivity index (χ0v) is 17.3. The summed E-state index contributed by atoms with van der Waals surface area (Å²) in [6, 6.07) is 12.7. The van der Waals surface area contributed by atoms with Gasteiger partial charge in [0.05, 0.1) is 6.54 Å². The normalized spacial score (nSPS) is 14.4. The lowest BCUT2D eigenvalue weighted by atomic mass is 10.2. The van der Waals surface area contributed by atoms with E-state index >= 15 is 0 Å². The van der Waals surface area contributed by atoms with E-state index in [9.17, 15) is 9.59 Å². The summed E-state index contributed by atoms with van der Waals surface area (Å²) in [6.45, 7) is 3.97. The SMILES string of the molecule is COCCCNC(=O)CN1CCN(C(=O)c2cccnc2Oc2ccccc2)CC1. The number of aromatic nitrogens is 1. The second kappa shape index (κ2) is 11.3. The van der Waals surface area contributed by atoms with Crippen LogP contribution in [-0.4, -0.2) is 79.6 Å². The van der Waals surface area contributed by atoms with Gasteiger partial charge in [0.1, 0.15) is 11.3 Å². The average molecular weight is 412 g/mol. The summed E-state index contributed by atoms with van der Waals surface area (Å²) in [4.78, 5) is 33.1. The molecule has 0 bridgehead atoms. The monoisotopic (exact) mass is 412 g/mol. The van der Waals surface area contributed by atoms with E-state index in [1.165, 1.54) is 0 Å². The second-order valence-electron chi connectivity index (χ2n) is 7.04. The van der Waals surface area contributed by atoms with E-state index in [2.05, 4.69) is 15.2 Å². The van der Waals surface area contributed by atoms with Crippen molar-refractivity contribution in [3.05, 3.63) is 54.2 Å². The van der Waals surface area contributed by atoms with E-state index in [1.54, 1.807) is 30.3 Å². The van der Waals surface area contributed by atoms with Crippen molar-refractivity contribution >= 4 is 11.8 Å². The first-order valence-electron chi connectivity index (χ1n) is 10.1. The van der Waals surface area contributed by atoms with E-state index in [4.69, 9.17) is 9.47 Å². The molecule has 8 nitrogen and oxygen atoms in total. The van der Waals surface area contributed by atoms with E-state index in [0.717, 1.165) is 6.42 Å². The van der Waals surface area contributed by atoms with E-state index in [1.807, 2.05) is 30.3 Å². The summed E-state index contributed by atoms with van der Waals surface area (Å²) >= 11 is 0. The van der Waals surface area contributed by atoms with Crippen LogP contribution in [0, 0.1) is 0 Å². The third kappa shape index (κ3) is 6.27. The molecular weight excluding hydrogens is 384 g/mol. The minimum Gasteiger partial charge on any atom is -0.438 e. The number of pyridine rings is 1. The average Bonchev–Trinajstić information content (AvgIpc) is 2.78. The summed E-state index contributed by atoms with van der Waals surface area (Å²) in [6.07, 6.45) is 2.40. The van der Waals surface area contributed by atoms with Gasteiger partial charge in [0, 0.05) is 52.6 Å². The summed E-state index contributed by atoms with van der Waals surface area (Å²) in [5.41, 5.74) is 0.436. The lowest BCUT2D eigenvalue weighted by Gasteiger charge is -2.34. The van der Waals surface area contributed by atoms with E-state index in [-0.39, 0.29) is 11.8 Å². The fraction of sp³-hybridized carbons (Fsp3) is 0.409. The van der Waals surface area contributed by atoms with Crippen LogP contribution in [0.5, 0.6) is 11.6 Å². The topological polar surface area (TPSA) is 84.0 Å². The maximum Gasteiger partial charge on any atom is 0.259 e. The Morgan fingerprint density at radius 2 is 1.83 bits per heavy atom. The number of ether oxygens (including phenoxy) is 2. The third-order valence-electron chi connectivity index (χ3n) is 4.83. The fourth-order valence-corrected chi connectivity index (χ4v) is 3.22. The molecule has 1 N–H and O–H groups in total. The zero-order valence-electron chi connectivity index (χ0n) is 17.3. The number of nitrogens with one attached hydrogen (secondary N) is 1. The molecule has 2 aromatic rings. The van der Waals surface area contributed by atoms with Crippen LogP contribution in [-0.2, 0) is 9.53 Å². The lowest BCUT2D eigenvalue weighted by molar-refractivity contribution is -0.122. The molecule has 0 aliphatic carbocycles. The van der Waals surface area contributed by atoms with Crippen LogP contribution >= 0.6 is 0 Å². The molecule has 1 aliphatic heterocycles. The molecule has 1 aliphatic rings. The van der Waals surface area contributed by atoms with Crippen molar-refractivity contribution in [2.24, 2.45) is 0 Å². The van der Waals surface area contributed by atoms with E-state index < -0.39 is 0 Å². The molecule has 30 heavy (non-hydrogen) atoms. The number of para-hydroxylation sites is 1. The Morgan fingerprint density at radius 3 is 2.57 bits per heavy atom. The van der Waals surface area contributed by atoms with Crippen molar-refractivity contribution in [2.75, 3.05) is 53.0 Å². The standard InChI is InChI=1S/C22H28N4O4/c1-29-16-6-11-23-20(27)17-25-12-14-26(15-13-25)22(28)19-9-5-10-24-21(19)30-18-7-3-2-4-8-18/h2-5,7-10H,6,11-17H2,1H3,(H,23,27). The molecule has 0 atom stereocenters. The molecular formula is C22H28N4O4. The number of benzene rings is 1. The van der Waals surface area contributed by atoms with Gasteiger partial charge in [-0.15, -0.1) is 0 Å².